The number of anilines is 1. The topological polar surface area (TPSA) is 56.7 Å². The van der Waals surface area contributed by atoms with E-state index in [0.717, 1.165) is 31.4 Å². The average Bonchev–Trinajstić information content (AvgIpc) is 2.83. The lowest BCUT2D eigenvalue weighted by molar-refractivity contribution is -0.137. The summed E-state index contributed by atoms with van der Waals surface area (Å²) >= 11 is 0. The Hall–Kier alpha value is -1.99. The van der Waals surface area contributed by atoms with Crippen molar-refractivity contribution in [3.63, 3.8) is 0 Å². The Morgan fingerprint density at radius 2 is 2.04 bits per heavy atom. The van der Waals surface area contributed by atoms with E-state index in [0.29, 0.717) is 25.5 Å². The van der Waals surface area contributed by atoms with Gasteiger partial charge in [0, 0.05) is 31.9 Å². The van der Waals surface area contributed by atoms with Gasteiger partial charge in [0.05, 0.1) is 5.56 Å². The number of piperidine rings is 1. The number of hydrogen-bond acceptors (Lipinski definition) is 3. The summed E-state index contributed by atoms with van der Waals surface area (Å²) in [6, 6.07) is 2.16. The maximum absolute atomic E-state index is 12.9. The van der Waals surface area contributed by atoms with Gasteiger partial charge in [-0.05, 0) is 43.7 Å². The minimum atomic E-state index is -4.38. The average molecular weight is 343 g/mol. The van der Waals surface area contributed by atoms with E-state index in [1.807, 2.05) is 11.8 Å². The zero-order chi connectivity index (χ0) is 17.5. The fourth-order valence-electron chi connectivity index (χ4n) is 3.91. The molecule has 5 nitrogen and oxygen atoms in total. The van der Waals surface area contributed by atoms with E-state index in [1.54, 1.807) is 0 Å². The van der Waals surface area contributed by atoms with Crippen LogP contribution in [-0.4, -0.2) is 46.8 Å². The zero-order valence-corrected chi connectivity index (χ0v) is 13.4. The minimum Gasteiger partial charge on any atom is -0.465 e. The van der Waals surface area contributed by atoms with Gasteiger partial charge in [0.15, 0.2) is 0 Å². The molecule has 1 amide bonds. The Kier molecular flexibility index (Phi) is 4.09. The maximum atomic E-state index is 12.9. The first-order valence-electron chi connectivity index (χ1n) is 7.98. The van der Waals surface area contributed by atoms with E-state index in [2.05, 4.69) is 4.98 Å². The highest BCUT2D eigenvalue weighted by molar-refractivity contribution is 5.65. The summed E-state index contributed by atoms with van der Waals surface area (Å²) in [5.74, 6) is 0.342. The molecule has 1 N–H and O–H groups in total. The van der Waals surface area contributed by atoms with Gasteiger partial charge in [-0.25, -0.2) is 9.78 Å². The number of pyridine rings is 1. The lowest BCUT2D eigenvalue weighted by Gasteiger charge is -2.38. The van der Waals surface area contributed by atoms with Crippen molar-refractivity contribution in [2.24, 2.45) is 5.41 Å². The lowest BCUT2D eigenvalue weighted by atomic mass is 9.77. The molecule has 2 fully saturated rings. The Labute approximate surface area is 138 Å². The summed E-state index contributed by atoms with van der Waals surface area (Å²) in [5, 5.41) is 9.06. The fraction of sp³-hybridized carbons (Fsp3) is 0.625. The molecule has 1 aromatic heterocycles. The summed E-state index contributed by atoms with van der Waals surface area (Å²) in [6.45, 7) is 3.56. The van der Waals surface area contributed by atoms with Crippen LogP contribution >= 0.6 is 0 Å². The predicted octanol–water partition coefficient (Wildman–Crippen LogP) is 3.46. The normalized spacial score (nSPS) is 23.8. The van der Waals surface area contributed by atoms with Crippen LogP contribution in [0.5, 0.6) is 0 Å². The van der Waals surface area contributed by atoms with Gasteiger partial charge in [-0.15, -0.1) is 0 Å². The van der Waals surface area contributed by atoms with Gasteiger partial charge in [0.2, 0.25) is 0 Å². The molecular formula is C16H20F3N3O2. The smallest absolute Gasteiger partial charge is 0.416 e. The van der Waals surface area contributed by atoms with Crippen LogP contribution in [0.3, 0.4) is 0 Å². The quantitative estimate of drug-likeness (QED) is 0.848. The molecular weight excluding hydrogens is 323 g/mol. The zero-order valence-electron chi connectivity index (χ0n) is 13.4. The van der Waals surface area contributed by atoms with Gasteiger partial charge < -0.3 is 14.9 Å². The SMILES string of the molecule is CC1CC2(CCN(C(=O)O)CC2)CN1c1cc(C(F)(F)F)ccn1. The van der Waals surface area contributed by atoms with E-state index >= 15 is 0 Å². The molecule has 24 heavy (non-hydrogen) atoms. The van der Waals surface area contributed by atoms with Gasteiger partial charge >= 0.3 is 12.3 Å². The van der Waals surface area contributed by atoms with Crippen LogP contribution in [-0.2, 0) is 6.18 Å². The highest BCUT2D eigenvalue weighted by Gasteiger charge is 2.45. The van der Waals surface area contributed by atoms with Crippen molar-refractivity contribution in [3.05, 3.63) is 23.9 Å². The molecule has 1 atom stereocenters. The number of amides is 1. The first kappa shape index (κ1) is 16.9. The number of carbonyl (C=O) groups is 1. The standard InChI is InChI=1S/C16H20F3N3O2/c1-11-9-15(3-6-21(7-4-15)14(23)24)10-22(11)13-8-12(2-5-20-13)16(17,18)19/h2,5,8,11H,3-4,6-7,9-10H2,1H3,(H,23,24). The molecule has 0 bridgehead atoms. The molecule has 1 spiro atoms. The second-order valence-electron chi connectivity index (χ2n) is 6.85. The highest BCUT2D eigenvalue weighted by Crippen LogP contribution is 2.45. The second-order valence-corrected chi connectivity index (χ2v) is 6.85. The van der Waals surface area contributed by atoms with E-state index in [-0.39, 0.29) is 11.5 Å². The fourth-order valence-corrected chi connectivity index (χ4v) is 3.91. The summed E-state index contributed by atoms with van der Waals surface area (Å²) in [6.07, 6.45) is -1.78. The van der Waals surface area contributed by atoms with E-state index in [1.165, 1.54) is 11.1 Å². The number of nitrogens with zero attached hydrogens (tertiary/aromatic N) is 3. The summed E-state index contributed by atoms with van der Waals surface area (Å²) in [5.41, 5.74) is -0.734. The van der Waals surface area contributed by atoms with E-state index < -0.39 is 17.8 Å². The van der Waals surface area contributed by atoms with Crippen molar-refractivity contribution in [2.75, 3.05) is 24.5 Å². The predicted molar refractivity (Wildman–Crippen MR) is 81.9 cm³/mol. The third-order valence-electron chi connectivity index (χ3n) is 5.23. The summed E-state index contributed by atoms with van der Waals surface area (Å²) < 4.78 is 38.7. The van der Waals surface area contributed by atoms with Crippen LogP contribution < -0.4 is 4.90 Å². The second kappa shape index (κ2) is 5.82. The molecule has 0 saturated carbocycles. The van der Waals surface area contributed by atoms with Crippen LogP contribution in [0.4, 0.5) is 23.8 Å². The molecule has 2 aliphatic rings. The summed E-state index contributed by atoms with van der Waals surface area (Å²) in [4.78, 5) is 18.5. The van der Waals surface area contributed by atoms with Gasteiger partial charge in [-0.2, -0.15) is 13.2 Å². The third kappa shape index (κ3) is 3.14. The van der Waals surface area contributed by atoms with Crippen LogP contribution in [0.1, 0.15) is 31.7 Å². The largest absolute Gasteiger partial charge is 0.465 e. The van der Waals surface area contributed by atoms with Crippen molar-refractivity contribution < 1.29 is 23.1 Å². The molecule has 1 unspecified atom stereocenters. The van der Waals surface area contributed by atoms with Crippen molar-refractivity contribution >= 4 is 11.9 Å². The Morgan fingerprint density at radius 1 is 1.38 bits per heavy atom. The summed E-state index contributed by atoms with van der Waals surface area (Å²) in [7, 11) is 0. The van der Waals surface area contributed by atoms with Gasteiger partial charge in [-0.3, -0.25) is 0 Å². The molecule has 8 heteroatoms. The van der Waals surface area contributed by atoms with Crippen molar-refractivity contribution in [2.45, 2.75) is 38.4 Å². The first-order valence-corrected chi connectivity index (χ1v) is 7.98. The first-order chi connectivity index (χ1) is 11.2. The van der Waals surface area contributed by atoms with E-state index in [4.69, 9.17) is 5.11 Å². The monoisotopic (exact) mass is 343 g/mol. The molecule has 1 aromatic rings. The van der Waals surface area contributed by atoms with Crippen molar-refractivity contribution in [1.82, 2.24) is 9.88 Å². The molecule has 3 rings (SSSR count). The molecule has 0 aliphatic carbocycles. The van der Waals surface area contributed by atoms with Crippen molar-refractivity contribution in [1.29, 1.82) is 0 Å². The highest BCUT2D eigenvalue weighted by atomic mass is 19.4. The molecule has 3 heterocycles. The van der Waals surface area contributed by atoms with Gasteiger partial charge in [-0.1, -0.05) is 0 Å². The van der Waals surface area contributed by atoms with Gasteiger partial charge in [0.25, 0.3) is 0 Å². The van der Waals surface area contributed by atoms with Crippen LogP contribution in [0, 0.1) is 5.41 Å². The number of rotatable bonds is 1. The molecule has 0 aromatic carbocycles. The number of hydrogen-bond donors (Lipinski definition) is 1. The molecule has 0 radical (unpaired) electrons. The third-order valence-corrected chi connectivity index (χ3v) is 5.23. The van der Waals surface area contributed by atoms with Crippen molar-refractivity contribution in [3.8, 4) is 0 Å². The number of carboxylic acid groups (broad SMARTS) is 1. The lowest BCUT2D eigenvalue weighted by Crippen LogP contribution is -2.43. The molecule has 132 valence electrons. The van der Waals surface area contributed by atoms with Crippen LogP contribution in [0.25, 0.3) is 0 Å². The number of aromatic nitrogens is 1. The number of alkyl halides is 3. The van der Waals surface area contributed by atoms with Crippen LogP contribution in [0.2, 0.25) is 0 Å². The van der Waals surface area contributed by atoms with Gasteiger partial charge in [0.1, 0.15) is 5.82 Å². The molecule has 2 aliphatic heterocycles. The Balaban J connectivity index is 1.76. The number of likely N-dealkylation sites (tertiary alicyclic amines) is 1. The van der Waals surface area contributed by atoms with Crippen LogP contribution in [0.15, 0.2) is 18.3 Å². The minimum absolute atomic E-state index is 0.0404. The van der Waals surface area contributed by atoms with E-state index in [9.17, 15) is 18.0 Å². The maximum Gasteiger partial charge on any atom is 0.416 e. The molecule has 2 saturated heterocycles. The Bertz CT molecular complexity index is 627. The Morgan fingerprint density at radius 3 is 2.62 bits per heavy atom. The number of halogens is 3.